The molecule has 0 radical (unpaired) electrons. The Morgan fingerprint density at radius 1 is 1.03 bits per heavy atom. The molecule has 0 bridgehead atoms. The van der Waals surface area contributed by atoms with Crippen molar-refractivity contribution in [2.45, 2.75) is 57.4 Å². The van der Waals surface area contributed by atoms with Crippen LogP contribution in [0.2, 0.25) is 0 Å². The number of benzene rings is 1. The summed E-state index contributed by atoms with van der Waals surface area (Å²) in [5.41, 5.74) is 3.38. The summed E-state index contributed by atoms with van der Waals surface area (Å²) in [6.07, 6.45) is 4.84. The largest absolute Gasteiger partial charge is 0.345 e. The number of aryl methyl sites for hydroxylation is 2. The second-order valence-electron chi connectivity index (χ2n) is 9.11. The number of Topliss-reactive ketones (excluding diaryl/α,β-unsaturated/α-hetero) is 1. The Hall–Kier alpha value is -2.03. The van der Waals surface area contributed by atoms with Crippen molar-refractivity contribution >= 4 is 15.8 Å². The first-order chi connectivity index (χ1) is 15.2. The number of halogens is 1. The zero-order chi connectivity index (χ0) is 23.0. The molecule has 0 amide bonds. The van der Waals surface area contributed by atoms with E-state index in [9.17, 15) is 17.6 Å². The molecule has 1 aliphatic carbocycles. The number of carbonyl (C=O) groups excluding carboxylic acids is 1. The molecule has 8 heteroatoms. The molecule has 0 unspecified atom stereocenters. The Morgan fingerprint density at radius 3 is 2.31 bits per heavy atom. The van der Waals surface area contributed by atoms with E-state index in [0.29, 0.717) is 44.3 Å². The van der Waals surface area contributed by atoms with E-state index in [1.54, 1.807) is 6.92 Å². The van der Waals surface area contributed by atoms with Crippen molar-refractivity contribution in [2.24, 2.45) is 0 Å². The number of sulfonamides is 1. The molecule has 2 heterocycles. The average Bonchev–Trinajstić information content (AvgIpc) is 3.35. The van der Waals surface area contributed by atoms with Gasteiger partial charge in [0.05, 0.1) is 11.4 Å². The number of hydrogen-bond donors (Lipinski definition) is 0. The van der Waals surface area contributed by atoms with Crippen molar-refractivity contribution in [1.82, 2.24) is 13.8 Å². The van der Waals surface area contributed by atoms with Crippen LogP contribution in [0.25, 0.3) is 0 Å². The van der Waals surface area contributed by atoms with Gasteiger partial charge in [-0.3, -0.25) is 9.69 Å². The van der Waals surface area contributed by atoms with E-state index in [1.807, 2.05) is 17.9 Å². The highest BCUT2D eigenvalue weighted by Crippen LogP contribution is 2.33. The Kier molecular flexibility index (Phi) is 6.56. The van der Waals surface area contributed by atoms with Gasteiger partial charge in [-0.25, -0.2) is 12.8 Å². The smallest absolute Gasteiger partial charge is 0.243 e. The average molecular weight is 462 g/mol. The number of nitrogens with zero attached hydrogens (tertiary/aromatic N) is 3. The lowest BCUT2D eigenvalue weighted by Gasteiger charge is -2.33. The van der Waals surface area contributed by atoms with E-state index in [0.717, 1.165) is 17.0 Å². The molecule has 0 N–H and O–H groups in total. The first-order valence-electron chi connectivity index (χ1n) is 11.4. The van der Waals surface area contributed by atoms with Gasteiger partial charge in [0.1, 0.15) is 5.82 Å². The van der Waals surface area contributed by atoms with Crippen LogP contribution in [0, 0.1) is 26.6 Å². The maximum atomic E-state index is 13.4. The first kappa shape index (κ1) is 23.1. The fourth-order valence-corrected chi connectivity index (χ4v) is 6.87. The maximum Gasteiger partial charge on any atom is 0.243 e. The lowest BCUT2D eigenvalue weighted by Crippen LogP contribution is -2.49. The van der Waals surface area contributed by atoms with Gasteiger partial charge >= 0.3 is 0 Å². The molecule has 0 spiro atoms. The molecule has 0 atom stereocenters. The van der Waals surface area contributed by atoms with Crippen molar-refractivity contribution in [3.05, 3.63) is 52.6 Å². The summed E-state index contributed by atoms with van der Waals surface area (Å²) in [7, 11) is -3.68. The van der Waals surface area contributed by atoms with Gasteiger partial charge in [-0.2, -0.15) is 4.31 Å². The third-order valence-electron chi connectivity index (χ3n) is 6.93. The summed E-state index contributed by atoms with van der Waals surface area (Å²) in [6, 6.07) is 6.25. The highest BCUT2D eigenvalue weighted by molar-refractivity contribution is 7.89. The second kappa shape index (κ2) is 9.08. The fourth-order valence-electron chi connectivity index (χ4n) is 5.24. The van der Waals surface area contributed by atoms with Crippen LogP contribution in [-0.2, 0) is 10.0 Å². The van der Waals surface area contributed by atoms with Crippen molar-refractivity contribution < 1.29 is 17.6 Å². The van der Waals surface area contributed by atoms with E-state index < -0.39 is 15.8 Å². The van der Waals surface area contributed by atoms with Crippen LogP contribution in [0.15, 0.2) is 29.2 Å². The van der Waals surface area contributed by atoms with Gasteiger partial charge in [-0.1, -0.05) is 12.8 Å². The predicted molar refractivity (Wildman–Crippen MR) is 122 cm³/mol. The van der Waals surface area contributed by atoms with Gasteiger partial charge in [-0.05, 0) is 63.4 Å². The third-order valence-corrected chi connectivity index (χ3v) is 8.99. The third kappa shape index (κ3) is 4.40. The summed E-state index contributed by atoms with van der Waals surface area (Å²) in [5, 5.41) is 0. The monoisotopic (exact) mass is 461 g/mol. The lowest BCUT2D eigenvalue weighted by molar-refractivity contribution is 0.0901. The lowest BCUT2D eigenvalue weighted by atomic mass is 10.1. The Balaban J connectivity index is 1.40. The summed E-state index contributed by atoms with van der Waals surface area (Å²) >= 11 is 0. The molecule has 6 nitrogen and oxygen atoms in total. The van der Waals surface area contributed by atoms with E-state index >= 15 is 0 Å². The van der Waals surface area contributed by atoms with Gasteiger partial charge in [0.2, 0.25) is 10.0 Å². The molecule has 32 heavy (non-hydrogen) atoms. The SMILES string of the molecule is Cc1cc(F)ccc1S(=O)(=O)N1CCN(CC(=O)c2cc(C)n(C3CCCC3)c2C)CC1. The minimum absolute atomic E-state index is 0.0908. The number of hydrogen-bond acceptors (Lipinski definition) is 4. The van der Waals surface area contributed by atoms with Crippen molar-refractivity contribution in [2.75, 3.05) is 32.7 Å². The number of rotatable bonds is 6. The predicted octanol–water partition coefficient (Wildman–Crippen LogP) is 3.86. The van der Waals surface area contributed by atoms with E-state index in [1.165, 1.54) is 48.2 Å². The van der Waals surface area contributed by atoms with E-state index in [-0.39, 0.29) is 10.7 Å². The molecule has 2 aliphatic rings. The van der Waals surface area contributed by atoms with Crippen LogP contribution in [0.5, 0.6) is 0 Å². The summed E-state index contributed by atoms with van der Waals surface area (Å²) in [5.74, 6) is -0.356. The van der Waals surface area contributed by atoms with Crippen LogP contribution < -0.4 is 0 Å². The fraction of sp³-hybridized carbons (Fsp3) is 0.542. The van der Waals surface area contributed by atoms with E-state index in [2.05, 4.69) is 11.5 Å². The molecule has 1 aromatic carbocycles. The van der Waals surface area contributed by atoms with Crippen molar-refractivity contribution in [3.63, 3.8) is 0 Å². The molecule has 2 aromatic rings. The second-order valence-corrected chi connectivity index (χ2v) is 11.0. The van der Waals surface area contributed by atoms with Crippen LogP contribution in [0.4, 0.5) is 4.39 Å². The van der Waals surface area contributed by atoms with Crippen LogP contribution in [-0.4, -0.2) is 60.7 Å². The first-order valence-corrected chi connectivity index (χ1v) is 12.8. The highest BCUT2D eigenvalue weighted by atomic mass is 32.2. The Bertz CT molecular complexity index is 1110. The summed E-state index contributed by atoms with van der Waals surface area (Å²) in [4.78, 5) is 15.2. The molecular formula is C24H32FN3O3S. The molecule has 1 saturated carbocycles. The minimum Gasteiger partial charge on any atom is -0.345 e. The number of carbonyl (C=O) groups is 1. The van der Waals surface area contributed by atoms with Crippen molar-refractivity contribution in [3.8, 4) is 0 Å². The van der Waals surface area contributed by atoms with E-state index in [4.69, 9.17) is 0 Å². The normalized spacial score (nSPS) is 19.0. The summed E-state index contributed by atoms with van der Waals surface area (Å²) < 4.78 is 43.1. The van der Waals surface area contributed by atoms with Crippen LogP contribution >= 0.6 is 0 Å². The number of piperazine rings is 1. The minimum atomic E-state index is -3.68. The molecule has 4 rings (SSSR count). The molecule has 1 saturated heterocycles. The van der Waals surface area contributed by atoms with Crippen LogP contribution in [0.1, 0.15) is 59.0 Å². The Morgan fingerprint density at radius 2 is 1.69 bits per heavy atom. The quantitative estimate of drug-likeness (QED) is 0.613. The van der Waals surface area contributed by atoms with Gasteiger partial charge in [0.25, 0.3) is 0 Å². The number of aromatic nitrogens is 1. The zero-order valence-corrected chi connectivity index (χ0v) is 19.9. The molecular weight excluding hydrogens is 429 g/mol. The standard InChI is InChI=1S/C24H32FN3O3S/c1-17-14-20(25)8-9-24(17)32(30,31)27-12-10-26(11-13-27)16-23(29)22-15-18(2)28(19(22)3)21-6-4-5-7-21/h8-9,14-15,21H,4-7,10-13,16H2,1-3H3. The molecule has 2 fully saturated rings. The number of ketones is 1. The van der Waals surface area contributed by atoms with Gasteiger partial charge < -0.3 is 4.57 Å². The molecule has 1 aromatic heterocycles. The van der Waals surface area contributed by atoms with Crippen LogP contribution in [0.3, 0.4) is 0 Å². The van der Waals surface area contributed by atoms with Crippen molar-refractivity contribution in [1.29, 1.82) is 0 Å². The molecule has 174 valence electrons. The van der Waals surface area contributed by atoms with Gasteiger partial charge in [0.15, 0.2) is 5.78 Å². The zero-order valence-electron chi connectivity index (χ0n) is 19.1. The van der Waals surface area contributed by atoms with Gasteiger partial charge in [0, 0.05) is 49.2 Å². The molecule has 1 aliphatic heterocycles. The highest BCUT2D eigenvalue weighted by Gasteiger charge is 2.31. The summed E-state index contributed by atoms with van der Waals surface area (Å²) in [6.45, 7) is 7.61. The maximum absolute atomic E-state index is 13.4. The Labute approximate surface area is 190 Å². The van der Waals surface area contributed by atoms with Gasteiger partial charge in [-0.15, -0.1) is 0 Å². The topological polar surface area (TPSA) is 62.6 Å².